The molecular formula is C15H19BrN4. The standard InChI is InChI=1S/C15H19BrN4/c1-4-5-17-15-18-9-13(16)14(20-15)19-12-7-10(2)6-11(3)8-12/h6-9H,4-5H2,1-3H3,(H2,17,18,19,20). The van der Waals surface area contributed by atoms with Gasteiger partial charge in [-0.1, -0.05) is 13.0 Å². The van der Waals surface area contributed by atoms with Gasteiger partial charge in [-0.25, -0.2) is 4.98 Å². The van der Waals surface area contributed by atoms with Gasteiger partial charge in [-0.2, -0.15) is 4.98 Å². The van der Waals surface area contributed by atoms with Gasteiger partial charge < -0.3 is 10.6 Å². The molecule has 0 spiro atoms. The Balaban J connectivity index is 2.23. The van der Waals surface area contributed by atoms with Gasteiger partial charge in [0.25, 0.3) is 0 Å². The highest BCUT2D eigenvalue weighted by atomic mass is 79.9. The van der Waals surface area contributed by atoms with Crippen molar-refractivity contribution in [3.8, 4) is 0 Å². The third-order valence-corrected chi connectivity index (χ3v) is 3.34. The van der Waals surface area contributed by atoms with Gasteiger partial charge in [0.2, 0.25) is 5.95 Å². The van der Waals surface area contributed by atoms with Crippen LogP contribution in [-0.4, -0.2) is 16.5 Å². The van der Waals surface area contributed by atoms with Crippen LogP contribution in [0.25, 0.3) is 0 Å². The average molecular weight is 335 g/mol. The molecule has 0 aliphatic heterocycles. The van der Waals surface area contributed by atoms with E-state index in [1.54, 1.807) is 6.20 Å². The predicted molar refractivity (Wildman–Crippen MR) is 87.7 cm³/mol. The molecule has 0 aliphatic carbocycles. The van der Waals surface area contributed by atoms with Crippen LogP contribution in [0.4, 0.5) is 17.5 Å². The van der Waals surface area contributed by atoms with Crippen LogP contribution in [0.1, 0.15) is 24.5 Å². The minimum Gasteiger partial charge on any atom is -0.354 e. The topological polar surface area (TPSA) is 49.8 Å². The molecule has 106 valence electrons. The van der Waals surface area contributed by atoms with Crippen molar-refractivity contribution < 1.29 is 0 Å². The van der Waals surface area contributed by atoms with Crippen molar-refractivity contribution in [2.45, 2.75) is 27.2 Å². The van der Waals surface area contributed by atoms with Gasteiger partial charge >= 0.3 is 0 Å². The smallest absolute Gasteiger partial charge is 0.224 e. The summed E-state index contributed by atoms with van der Waals surface area (Å²) in [4.78, 5) is 8.73. The first-order chi connectivity index (χ1) is 9.58. The van der Waals surface area contributed by atoms with E-state index in [2.05, 4.69) is 75.5 Å². The number of halogens is 1. The van der Waals surface area contributed by atoms with Gasteiger partial charge in [-0.3, -0.25) is 0 Å². The maximum absolute atomic E-state index is 4.48. The Labute approximate surface area is 128 Å². The number of benzene rings is 1. The number of aromatic nitrogens is 2. The number of hydrogen-bond donors (Lipinski definition) is 2. The van der Waals surface area contributed by atoms with Crippen LogP contribution in [0.2, 0.25) is 0 Å². The summed E-state index contributed by atoms with van der Waals surface area (Å²) in [6.45, 7) is 7.15. The summed E-state index contributed by atoms with van der Waals surface area (Å²) in [5, 5.41) is 6.52. The monoisotopic (exact) mass is 334 g/mol. The van der Waals surface area contributed by atoms with Crippen LogP contribution in [0, 0.1) is 13.8 Å². The molecule has 0 amide bonds. The van der Waals surface area contributed by atoms with Crippen LogP contribution in [0.3, 0.4) is 0 Å². The largest absolute Gasteiger partial charge is 0.354 e. The lowest BCUT2D eigenvalue weighted by atomic mass is 10.1. The van der Waals surface area contributed by atoms with E-state index >= 15 is 0 Å². The lowest BCUT2D eigenvalue weighted by Crippen LogP contribution is -2.06. The summed E-state index contributed by atoms with van der Waals surface area (Å²) < 4.78 is 0.846. The molecule has 0 saturated carbocycles. The SMILES string of the molecule is CCCNc1ncc(Br)c(Nc2cc(C)cc(C)c2)n1. The van der Waals surface area contributed by atoms with Gasteiger partial charge in [-0.15, -0.1) is 0 Å². The van der Waals surface area contributed by atoms with E-state index in [1.165, 1.54) is 11.1 Å². The summed E-state index contributed by atoms with van der Waals surface area (Å²) in [5.41, 5.74) is 3.48. The molecule has 1 aromatic carbocycles. The normalized spacial score (nSPS) is 10.4. The molecule has 4 nitrogen and oxygen atoms in total. The molecular weight excluding hydrogens is 316 g/mol. The summed E-state index contributed by atoms with van der Waals surface area (Å²) in [6, 6.07) is 6.34. The number of nitrogens with zero attached hydrogens (tertiary/aromatic N) is 2. The van der Waals surface area contributed by atoms with Crippen LogP contribution < -0.4 is 10.6 Å². The van der Waals surface area contributed by atoms with Crippen molar-refractivity contribution in [3.05, 3.63) is 40.0 Å². The van der Waals surface area contributed by atoms with Crippen molar-refractivity contribution in [1.82, 2.24) is 9.97 Å². The van der Waals surface area contributed by atoms with E-state index < -0.39 is 0 Å². The highest BCUT2D eigenvalue weighted by Gasteiger charge is 2.06. The number of anilines is 3. The van der Waals surface area contributed by atoms with E-state index in [1.807, 2.05) is 0 Å². The zero-order chi connectivity index (χ0) is 14.5. The molecule has 1 aromatic heterocycles. The van der Waals surface area contributed by atoms with Gasteiger partial charge in [0.15, 0.2) is 0 Å². The van der Waals surface area contributed by atoms with Crippen LogP contribution in [0.15, 0.2) is 28.9 Å². The van der Waals surface area contributed by atoms with Crippen molar-refractivity contribution in [2.75, 3.05) is 17.2 Å². The maximum atomic E-state index is 4.48. The Morgan fingerprint density at radius 3 is 2.50 bits per heavy atom. The highest BCUT2D eigenvalue weighted by Crippen LogP contribution is 2.25. The van der Waals surface area contributed by atoms with E-state index in [0.717, 1.165) is 28.9 Å². The fourth-order valence-electron chi connectivity index (χ4n) is 1.96. The maximum Gasteiger partial charge on any atom is 0.224 e. The molecule has 2 rings (SSSR count). The van der Waals surface area contributed by atoms with E-state index in [9.17, 15) is 0 Å². The molecule has 20 heavy (non-hydrogen) atoms. The number of aryl methyl sites for hydroxylation is 2. The summed E-state index contributed by atoms with van der Waals surface area (Å²) in [7, 11) is 0. The fraction of sp³-hybridized carbons (Fsp3) is 0.333. The Morgan fingerprint density at radius 1 is 1.15 bits per heavy atom. The Bertz CT molecular complexity index is 578. The summed E-state index contributed by atoms with van der Waals surface area (Å²) in [5.74, 6) is 1.41. The predicted octanol–water partition coefficient (Wildman–Crippen LogP) is 4.42. The van der Waals surface area contributed by atoms with E-state index in [-0.39, 0.29) is 0 Å². The van der Waals surface area contributed by atoms with Crippen molar-refractivity contribution in [2.24, 2.45) is 0 Å². The molecule has 2 aromatic rings. The highest BCUT2D eigenvalue weighted by molar-refractivity contribution is 9.10. The van der Waals surface area contributed by atoms with E-state index in [4.69, 9.17) is 0 Å². The molecule has 0 unspecified atom stereocenters. The third kappa shape index (κ3) is 3.93. The zero-order valence-electron chi connectivity index (χ0n) is 12.0. The molecule has 2 N–H and O–H groups in total. The minimum atomic E-state index is 0.641. The number of hydrogen-bond acceptors (Lipinski definition) is 4. The van der Waals surface area contributed by atoms with Crippen molar-refractivity contribution >= 4 is 33.4 Å². The lowest BCUT2D eigenvalue weighted by Gasteiger charge is -2.11. The molecule has 0 fully saturated rings. The molecule has 0 aliphatic rings. The number of rotatable bonds is 5. The molecule has 0 bridgehead atoms. The van der Waals surface area contributed by atoms with E-state index in [0.29, 0.717) is 5.95 Å². The van der Waals surface area contributed by atoms with Crippen LogP contribution in [-0.2, 0) is 0 Å². The molecule has 1 heterocycles. The van der Waals surface area contributed by atoms with Gasteiger partial charge in [0.1, 0.15) is 5.82 Å². The molecule has 0 atom stereocenters. The Morgan fingerprint density at radius 2 is 1.85 bits per heavy atom. The average Bonchev–Trinajstić information content (AvgIpc) is 2.38. The Kier molecular flexibility index (Phi) is 4.95. The van der Waals surface area contributed by atoms with Gasteiger partial charge in [-0.05, 0) is 59.5 Å². The lowest BCUT2D eigenvalue weighted by molar-refractivity contribution is 0.952. The second kappa shape index (κ2) is 6.70. The summed E-state index contributed by atoms with van der Waals surface area (Å²) >= 11 is 3.48. The zero-order valence-corrected chi connectivity index (χ0v) is 13.6. The quantitative estimate of drug-likeness (QED) is 0.849. The van der Waals surface area contributed by atoms with Crippen LogP contribution >= 0.6 is 15.9 Å². The second-order valence-corrected chi connectivity index (χ2v) is 5.67. The van der Waals surface area contributed by atoms with Gasteiger partial charge in [0.05, 0.1) is 4.47 Å². The first kappa shape index (κ1) is 14.8. The Hall–Kier alpha value is -1.62. The number of nitrogens with one attached hydrogen (secondary N) is 2. The first-order valence-corrected chi connectivity index (χ1v) is 7.49. The molecule has 0 saturated heterocycles. The fourth-order valence-corrected chi connectivity index (χ4v) is 2.25. The minimum absolute atomic E-state index is 0.641. The first-order valence-electron chi connectivity index (χ1n) is 6.70. The molecule has 5 heteroatoms. The second-order valence-electron chi connectivity index (χ2n) is 4.82. The van der Waals surface area contributed by atoms with Gasteiger partial charge in [0, 0.05) is 18.4 Å². The summed E-state index contributed by atoms with van der Waals surface area (Å²) in [6.07, 6.45) is 2.80. The van der Waals surface area contributed by atoms with Crippen molar-refractivity contribution in [1.29, 1.82) is 0 Å². The third-order valence-electron chi connectivity index (χ3n) is 2.76. The van der Waals surface area contributed by atoms with Crippen molar-refractivity contribution in [3.63, 3.8) is 0 Å². The molecule has 0 radical (unpaired) electrons. The van der Waals surface area contributed by atoms with Crippen LogP contribution in [0.5, 0.6) is 0 Å².